The van der Waals surface area contributed by atoms with Crippen molar-refractivity contribution in [2.75, 3.05) is 0 Å². The topological polar surface area (TPSA) is 18.1 Å². The normalized spacial score (nSPS) is 12.3. The molecule has 2 heterocycles. The molecule has 0 saturated heterocycles. The molecule has 0 spiro atoms. The smallest absolute Gasteiger partial charge is 0.136 e. The van der Waals surface area contributed by atoms with E-state index in [9.17, 15) is 0 Å². The van der Waals surface area contributed by atoms with Crippen LogP contribution in [0.25, 0.3) is 104 Å². The standard InChI is InChI=1S/C44H25NO/c1-2-13-30-26(9-1)22-24-39-42(30)43-31(16-8-20-38(43)46-39)28-11-5-12-29(25-28)45-36-19-7-18-35-33-15-4-3-14-32(33)34-17-6-10-27-21-23-37(45)44(40(27)34)41(35)36/h1-25H. The van der Waals surface area contributed by atoms with Gasteiger partial charge in [0.15, 0.2) is 0 Å². The van der Waals surface area contributed by atoms with Crippen LogP contribution < -0.4 is 0 Å². The molecule has 10 aromatic rings. The summed E-state index contributed by atoms with van der Waals surface area (Å²) in [6.07, 6.45) is 0. The largest absolute Gasteiger partial charge is 0.456 e. The fourth-order valence-electron chi connectivity index (χ4n) is 8.25. The van der Waals surface area contributed by atoms with Gasteiger partial charge in [0.2, 0.25) is 0 Å². The van der Waals surface area contributed by atoms with Crippen LogP contribution in [0.4, 0.5) is 0 Å². The lowest BCUT2D eigenvalue weighted by Crippen LogP contribution is -1.95. The van der Waals surface area contributed by atoms with Gasteiger partial charge in [0.05, 0.1) is 11.0 Å². The molecule has 0 radical (unpaired) electrons. The maximum absolute atomic E-state index is 6.44. The highest BCUT2D eigenvalue weighted by molar-refractivity contribution is 6.30. The van der Waals surface area contributed by atoms with Gasteiger partial charge in [-0.25, -0.2) is 0 Å². The van der Waals surface area contributed by atoms with Gasteiger partial charge in [-0.3, -0.25) is 0 Å². The van der Waals surface area contributed by atoms with Crippen LogP contribution in [-0.2, 0) is 0 Å². The summed E-state index contributed by atoms with van der Waals surface area (Å²) in [5.74, 6) is 0. The Morgan fingerprint density at radius 3 is 1.93 bits per heavy atom. The maximum Gasteiger partial charge on any atom is 0.136 e. The van der Waals surface area contributed by atoms with Crippen LogP contribution >= 0.6 is 0 Å². The lowest BCUT2D eigenvalue weighted by molar-refractivity contribution is 0.669. The Morgan fingerprint density at radius 1 is 0.370 bits per heavy atom. The molecule has 0 unspecified atom stereocenters. The number of furan rings is 1. The Hall–Kier alpha value is -6.12. The number of aromatic nitrogens is 1. The summed E-state index contributed by atoms with van der Waals surface area (Å²) >= 11 is 0. The molecule has 0 amide bonds. The van der Waals surface area contributed by atoms with Crippen LogP contribution in [0.2, 0.25) is 0 Å². The van der Waals surface area contributed by atoms with Gasteiger partial charge in [0.1, 0.15) is 11.2 Å². The van der Waals surface area contributed by atoms with E-state index < -0.39 is 0 Å². The number of hydrogen-bond donors (Lipinski definition) is 0. The number of nitrogens with zero attached hydrogens (tertiary/aromatic N) is 1. The highest BCUT2D eigenvalue weighted by Gasteiger charge is 2.24. The van der Waals surface area contributed by atoms with Gasteiger partial charge >= 0.3 is 0 Å². The lowest BCUT2D eigenvalue weighted by atomic mass is 9.93. The predicted octanol–water partition coefficient (Wildman–Crippen LogP) is 12.3. The minimum absolute atomic E-state index is 0.913. The number of hydrogen-bond acceptors (Lipinski definition) is 1. The summed E-state index contributed by atoms with van der Waals surface area (Å²) in [7, 11) is 0. The number of rotatable bonds is 2. The van der Waals surface area contributed by atoms with Gasteiger partial charge in [-0.2, -0.15) is 0 Å². The van der Waals surface area contributed by atoms with Crippen molar-refractivity contribution in [3.05, 3.63) is 152 Å². The van der Waals surface area contributed by atoms with E-state index in [2.05, 4.69) is 156 Å². The molecule has 8 aromatic carbocycles. The van der Waals surface area contributed by atoms with Crippen molar-refractivity contribution >= 4 is 65.3 Å². The van der Waals surface area contributed by atoms with Gasteiger partial charge in [0.25, 0.3) is 0 Å². The molecule has 2 heteroatoms. The molecular formula is C44H25NO. The molecule has 1 aliphatic carbocycles. The van der Waals surface area contributed by atoms with Crippen molar-refractivity contribution in [1.29, 1.82) is 0 Å². The Bertz CT molecular complexity index is 2920. The summed E-state index contributed by atoms with van der Waals surface area (Å²) in [4.78, 5) is 0. The molecule has 0 bridgehead atoms. The molecule has 212 valence electrons. The highest BCUT2D eigenvalue weighted by atomic mass is 16.3. The van der Waals surface area contributed by atoms with Crippen molar-refractivity contribution in [2.45, 2.75) is 0 Å². The van der Waals surface area contributed by atoms with E-state index >= 15 is 0 Å². The third-order valence-corrected chi connectivity index (χ3v) is 10.1. The van der Waals surface area contributed by atoms with E-state index in [0.717, 1.165) is 22.2 Å². The minimum Gasteiger partial charge on any atom is -0.456 e. The summed E-state index contributed by atoms with van der Waals surface area (Å²) in [5.41, 5.74) is 13.0. The van der Waals surface area contributed by atoms with Crippen molar-refractivity contribution in [3.8, 4) is 39.1 Å². The van der Waals surface area contributed by atoms with E-state index in [-0.39, 0.29) is 0 Å². The zero-order valence-corrected chi connectivity index (χ0v) is 24.8. The first-order chi connectivity index (χ1) is 22.8. The fraction of sp³-hybridized carbons (Fsp3) is 0. The molecule has 0 atom stereocenters. The average Bonchev–Trinajstić information content (AvgIpc) is 3.64. The van der Waals surface area contributed by atoms with Crippen molar-refractivity contribution in [1.82, 2.24) is 4.57 Å². The third-order valence-electron chi connectivity index (χ3n) is 10.1. The second-order valence-corrected chi connectivity index (χ2v) is 12.4. The van der Waals surface area contributed by atoms with Gasteiger partial charge in [-0.15, -0.1) is 0 Å². The maximum atomic E-state index is 6.44. The van der Waals surface area contributed by atoms with E-state index in [1.807, 2.05) is 0 Å². The Labute approximate surface area is 264 Å². The van der Waals surface area contributed by atoms with Crippen LogP contribution in [0.15, 0.2) is 156 Å². The SMILES string of the molecule is c1cc(-c2cccc3oc4ccc5ccccc5c4c23)cc(-n2c3cccc4c3c3c5c(cccc5ccc32)-c2ccccc2-4)c1. The fourth-order valence-corrected chi connectivity index (χ4v) is 8.25. The van der Waals surface area contributed by atoms with E-state index in [0.29, 0.717) is 0 Å². The monoisotopic (exact) mass is 583 g/mol. The Morgan fingerprint density at radius 2 is 1.02 bits per heavy atom. The van der Waals surface area contributed by atoms with Crippen molar-refractivity contribution in [3.63, 3.8) is 0 Å². The molecule has 0 aliphatic heterocycles. The molecule has 0 saturated carbocycles. The first kappa shape index (κ1) is 24.2. The summed E-state index contributed by atoms with van der Waals surface area (Å²) in [6, 6.07) is 55.3. The molecule has 1 aliphatic rings. The summed E-state index contributed by atoms with van der Waals surface area (Å²) in [5, 5.41) is 10.0. The van der Waals surface area contributed by atoms with Crippen LogP contribution in [-0.4, -0.2) is 4.57 Å². The Balaban J connectivity index is 1.23. The van der Waals surface area contributed by atoms with Crippen LogP contribution in [0.3, 0.4) is 0 Å². The number of fused-ring (bicyclic) bond motifs is 8. The highest BCUT2D eigenvalue weighted by Crippen LogP contribution is 2.49. The second-order valence-electron chi connectivity index (χ2n) is 12.4. The quantitative estimate of drug-likeness (QED) is 0.198. The first-order valence-corrected chi connectivity index (χ1v) is 15.9. The van der Waals surface area contributed by atoms with Crippen molar-refractivity contribution in [2.24, 2.45) is 0 Å². The van der Waals surface area contributed by atoms with E-state index in [1.165, 1.54) is 82.1 Å². The van der Waals surface area contributed by atoms with Gasteiger partial charge in [0, 0.05) is 27.2 Å². The van der Waals surface area contributed by atoms with Gasteiger partial charge in [-0.05, 0) is 91.3 Å². The molecule has 11 rings (SSSR count). The van der Waals surface area contributed by atoms with Crippen molar-refractivity contribution < 1.29 is 4.42 Å². The minimum atomic E-state index is 0.913. The Kier molecular flexibility index (Phi) is 4.61. The van der Waals surface area contributed by atoms with Crippen LogP contribution in [0.1, 0.15) is 0 Å². The number of benzene rings is 8. The molecular weight excluding hydrogens is 558 g/mol. The van der Waals surface area contributed by atoms with Gasteiger partial charge in [-0.1, -0.05) is 115 Å². The summed E-state index contributed by atoms with van der Waals surface area (Å²) in [6.45, 7) is 0. The third kappa shape index (κ3) is 3.05. The molecule has 0 N–H and O–H groups in total. The molecule has 46 heavy (non-hydrogen) atoms. The zero-order valence-electron chi connectivity index (χ0n) is 24.8. The van der Waals surface area contributed by atoms with Crippen LogP contribution in [0.5, 0.6) is 0 Å². The summed E-state index contributed by atoms with van der Waals surface area (Å²) < 4.78 is 8.90. The van der Waals surface area contributed by atoms with Gasteiger partial charge < -0.3 is 8.98 Å². The van der Waals surface area contributed by atoms with E-state index in [4.69, 9.17) is 4.42 Å². The zero-order chi connectivity index (χ0) is 29.9. The second kappa shape index (κ2) is 8.74. The first-order valence-electron chi connectivity index (χ1n) is 15.9. The molecule has 2 nitrogen and oxygen atoms in total. The average molecular weight is 584 g/mol. The van der Waals surface area contributed by atoms with Crippen LogP contribution in [0, 0.1) is 0 Å². The molecule has 2 aromatic heterocycles. The van der Waals surface area contributed by atoms with E-state index in [1.54, 1.807) is 0 Å². The predicted molar refractivity (Wildman–Crippen MR) is 193 cm³/mol. The molecule has 0 fully saturated rings. The lowest BCUT2D eigenvalue weighted by Gasteiger charge is -2.14.